The molecule has 1 aromatic carbocycles. The molecular weight excluding hydrogens is 429 g/mol. The van der Waals surface area contributed by atoms with Crippen molar-refractivity contribution < 1.29 is 32.2 Å². The van der Waals surface area contributed by atoms with Crippen LogP contribution in [0.3, 0.4) is 0 Å². The van der Waals surface area contributed by atoms with Gasteiger partial charge in [-0.3, -0.25) is 0 Å². The minimum atomic E-state index is -4.90. The average Bonchev–Trinajstić information content (AvgIpc) is 3.24. The maximum Gasteiger partial charge on any atom is 0.573 e. The Balaban J connectivity index is 2.00. The van der Waals surface area contributed by atoms with E-state index >= 15 is 0 Å². The molecule has 2 N–H and O–H groups in total. The van der Waals surface area contributed by atoms with Gasteiger partial charge in [-0.2, -0.15) is 0 Å². The zero-order valence-electron chi connectivity index (χ0n) is 17.9. The summed E-state index contributed by atoms with van der Waals surface area (Å²) in [5.41, 5.74) is 1.27. The SMILES string of the molecule is CC[C@H](C)[C@@H](NC(=O)N1CCc2[nH]cnc2[C@H]1c1ccccc1OC(F)(F)F)C(=O)OC. The number of methoxy groups -OCH3 is 1. The first-order valence-corrected chi connectivity index (χ1v) is 10.2. The molecule has 2 amide bonds. The second-order valence-electron chi connectivity index (χ2n) is 7.53. The van der Waals surface area contributed by atoms with Gasteiger partial charge in [-0.1, -0.05) is 38.5 Å². The Hall–Kier alpha value is -3.24. The maximum atomic E-state index is 13.3. The highest BCUT2D eigenvalue weighted by atomic mass is 19.4. The van der Waals surface area contributed by atoms with Gasteiger partial charge in [0.15, 0.2) is 0 Å². The van der Waals surface area contributed by atoms with Gasteiger partial charge in [0.05, 0.1) is 19.1 Å². The van der Waals surface area contributed by atoms with Gasteiger partial charge in [0, 0.05) is 24.2 Å². The molecule has 0 saturated heterocycles. The lowest BCUT2D eigenvalue weighted by atomic mass is 9.95. The highest BCUT2D eigenvalue weighted by Crippen LogP contribution is 2.39. The smallest absolute Gasteiger partial charge is 0.467 e. The van der Waals surface area contributed by atoms with Crippen molar-refractivity contribution in [2.24, 2.45) is 5.92 Å². The molecule has 0 radical (unpaired) electrons. The van der Waals surface area contributed by atoms with Gasteiger partial charge >= 0.3 is 18.4 Å². The Morgan fingerprint density at radius 3 is 2.72 bits per heavy atom. The van der Waals surface area contributed by atoms with Crippen LogP contribution in [0.2, 0.25) is 0 Å². The van der Waals surface area contributed by atoms with E-state index in [1.54, 1.807) is 13.0 Å². The van der Waals surface area contributed by atoms with Crippen molar-refractivity contribution in [1.29, 1.82) is 0 Å². The Bertz CT molecular complexity index is 963. The van der Waals surface area contributed by atoms with E-state index in [9.17, 15) is 22.8 Å². The molecule has 174 valence electrons. The summed E-state index contributed by atoms with van der Waals surface area (Å²) in [6.07, 6.45) is -2.44. The number of carbonyl (C=O) groups is 2. The number of urea groups is 1. The van der Waals surface area contributed by atoms with Gasteiger partial charge in [-0.25, -0.2) is 14.6 Å². The molecule has 2 aromatic rings. The molecule has 8 nitrogen and oxygen atoms in total. The number of imidazole rings is 1. The Morgan fingerprint density at radius 1 is 1.34 bits per heavy atom. The number of para-hydroxylation sites is 1. The molecule has 0 spiro atoms. The van der Waals surface area contributed by atoms with Crippen LogP contribution in [-0.4, -0.2) is 52.9 Å². The fraction of sp³-hybridized carbons (Fsp3) is 0.476. The summed E-state index contributed by atoms with van der Waals surface area (Å²) in [5, 5.41) is 2.69. The quantitative estimate of drug-likeness (QED) is 0.651. The first-order valence-electron chi connectivity index (χ1n) is 10.2. The first-order chi connectivity index (χ1) is 15.2. The molecule has 32 heavy (non-hydrogen) atoms. The molecule has 0 bridgehead atoms. The number of rotatable bonds is 6. The van der Waals surface area contributed by atoms with Crippen molar-refractivity contribution >= 4 is 12.0 Å². The second-order valence-corrected chi connectivity index (χ2v) is 7.53. The third-order valence-corrected chi connectivity index (χ3v) is 5.57. The van der Waals surface area contributed by atoms with Gasteiger partial charge < -0.3 is 24.7 Å². The number of hydrogen-bond donors (Lipinski definition) is 2. The van der Waals surface area contributed by atoms with Crippen LogP contribution in [0.4, 0.5) is 18.0 Å². The number of amides is 2. The standard InChI is InChI=1S/C21H25F3N4O4/c1-4-12(2)16(19(29)31-3)27-20(30)28-10-9-14-17(26-11-25-14)18(28)13-7-5-6-8-15(13)32-21(22,23)24/h5-8,11-12,16,18H,4,9-10H2,1-3H3,(H,25,26)(H,27,30)/t12-,16+,18+/m0/s1. The van der Waals surface area contributed by atoms with Gasteiger partial charge in [0.1, 0.15) is 17.8 Å². The summed E-state index contributed by atoms with van der Waals surface area (Å²) < 4.78 is 48.1. The summed E-state index contributed by atoms with van der Waals surface area (Å²) in [5.74, 6) is -1.23. The molecule has 1 aliphatic rings. The van der Waals surface area contributed by atoms with Crippen molar-refractivity contribution in [1.82, 2.24) is 20.2 Å². The van der Waals surface area contributed by atoms with Gasteiger partial charge in [-0.05, 0) is 12.0 Å². The lowest BCUT2D eigenvalue weighted by molar-refractivity contribution is -0.275. The largest absolute Gasteiger partial charge is 0.573 e. The van der Waals surface area contributed by atoms with Crippen LogP contribution in [0.25, 0.3) is 0 Å². The molecule has 0 unspecified atom stereocenters. The Labute approximate surface area is 183 Å². The molecule has 0 fully saturated rings. The zero-order valence-corrected chi connectivity index (χ0v) is 17.9. The van der Waals surface area contributed by atoms with Crippen molar-refractivity contribution in [2.45, 2.75) is 45.1 Å². The van der Waals surface area contributed by atoms with E-state index in [-0.39, 0.29) is 18.0 Å². The van der Waals surface area contributed by atoms with Crippen LogP contribution in [0.1, 0.15) is 43.3 Å². The van der Waals surface area contributed by atoms with Crippen LogP contribution in [-0.2, 0) is 16.0 Å². The summed E-state index contributed by atoms with van der Waals surface area (Å²) in [7, 11) is 1.23. The number of H-pyrrole nitrogens is 1. The lowest BCUT2D eigenvalue weighted by Gasteiger charge is -2.37. The Morgan fingerprint density at radius 2 is 2.06 bits per heavy atom. The molecule has 3 atom stereocenters. The van der Waals surface area contributed by atoms with Crippen LogP contribution in [0.15, 0.2) is 30.6 Å². The molecule has 1 aliphatic heterocycles. The number of nitrogens with one attached hydrogen (secondary N) is 2. The molecule has 2 heterocycles. The number of alkyl halides is 3. The normalized spacial score (nSPS) is 17.8. The summed E-state index contributed by atoms with van der Waals surface area (Å²) >= 11 is 0. The number of halogens is 3. The Kier molecular flexibility index (Phi) is 6.95. The maximum absolute atomic E-state index is 13.3. The van der Waals surface area contributed by atoms with E-state index in [4.69, 9.17) is 4.74 Å². The highest BCUT2D eigenvalue weighted by Gasteiger charge is 2.40. The molecule has 0 aliphatic carbocycles. The van der Waals surface area contributed by atoms with Crippen molar-refractivity contribution in [2.75, 3.05) is 13.7 Å². The summed E-state index contributed by atoms with van der Waals surface area (Å²) in [6, 6.07) is 3.17. The van der Waals surface area contributed by atoms with Crippen LogP contribution in [0.5, 0.6) is 5.75 Å². The van der Waals surface area contributed by atoms with Gasteiger partial charge in [-0.15, -0.1) is 13.2 Å². The van der Waals surface area contributed by atoms with Crippen molar-refractivity contribution in [3.63, 3.8) is 0 Å². The van der Waals surface area contributed by atoms with Gasteiger partial charge in [0.25, 0.3) is 0 Å². The molecule has 0 saturated carbocycles. The van der Waals surface area contributed by atoms with Gasteiger partial charge in [0.2, 0.25) is 0 Å². The van der Waals surface area contributed by atoms with E-state index in [0.29, 0.717) is 24.2 Å². The topological polar surface area (TPSA) is 96.5 Å². The average molecular weight is 454 g/mol. The monoisotopic (exact) mass is 454 g/mol. The third-order valence-electron chi connectivity index (χ3n) is 5.57. The number of aromatic nitrogens is 2. The van der Waals surface area contributed by atoms with E-state index < -0.39 is 36.2 Å². The number of ether oxygens (including phenoxy) is 2. The number of carbonyl (C=O) groups excluding carboxylic acids is 2. The summed E-state index contributed by atoms with van der Waals surface area (Å²) in [6.45, 7) is 3.87. The van der Waals surface area contributed by atoms with E-state index in [1.807, 2.05) is 6.92 Å². The molecule has 1 aromatic heterocycles. The third kappa shape index (κ3) is 4.97. The lowest BCUT2D eigenvalue weighted by Crippen LogP contribution is -2.53. The number of benzene rings is 1. The highest BCUT2D eigenvalue weighted by molar-refractivity contribution is 5.84. The van der Waals surface area contributed by atoms with E-state index in [1.165, 1.54) is 36.5 Å². The molecule has 3 rings (SSSR count). The van der Waals surface area contributed by atoms with Crippen LogP contribution >= 0.6 is 0 Å². The summed E-state index contributed by atoms with van der Waals surface area (Å²) in [4.78, 5) is 34.1. The fourth-order valence-electron chi connectivity index (χ4n) is 3.75. The number of hydrogen-bond acceptors (Lipinski definition) is 5. The second kappa shape index (κ2) is 9.49. The van der Waals surface area contributed by atoms with Crippen molar-refractivity contribution in [3.05, 3.63) is 47.5 Å². The number of esters is 1. The fourth-order valence-corrected chi connectivity index (χ4v) is 3.75. The molecule has 11 heteroatoms. The van der Waals surface area contributed by atoms with Crippen molar-refractivity contribution in [3.8, 4) is 5.75 Å². The zero-order chi connectivity index (χ0) is 23.5. The predicted octanol–water partition coefficient (Wildman–Crippen LogP) is 3.55. The van der Waals surface area contributed by atoms with E-state index in [0.717, 1.165) is 0 Å². The number of aromatic amines is 1. The number of nitrogens with zero attached hydrogens (tertiary/aromatic N) is 2. The minimum absolute atomic E-state index is 0.131. The van der Waals surface area contributed by atoms with Crippen LogP contribution < -0.4 is 10.1 Å². The van der Waals surface area contributed by atoms with E-state index in [2.05, 4.69) is 20.0 Å². The van der Waals surface area contributed by atoms with Crippen LogP contribution in [0, 0.1) is 5.92 Å². The molecular formula is C21H25F3N4O4. The first kappa shape index (κ1) is 23.4. The number of fused-ring (bicyclic) bond motifs is 1. The predicted molar refractivity (Wildman–Crippen MR) is 108 cm³/mol. The minimum Gasteiger partial charge on any atom is -0.467 e.